The summed E-state index contributed by atoms with van der Waals surface area (Å²) in [6.45, 7) is 10.3. The standard InChI is InChI=1S/C11H22N2O/c1-6-7-13-8-9(2)12(5)10(14)11(13,3)4/h9H,6-8H2,1-5H3. The van der Waals surface area contributed by atoms with Crippen LogP contribution in [0, 0.1) is 0 Å². The molecule has 1 aliphatic heterocycles. The minimum Gasteiger partial charge on any atom is -0.340 e. The largest absolute Gasteiger partial charge is 0.340 e. The third kappa shape index (κ3) is 1.78. The summed E-state index contributed by atoms with van der Waals surface area (Å²) >= 11 is 0. The van der Waals surface area contributed by atoms with Crippen molar-refractivity contribution in [3.8, 4) is 0 Å². The molecule has 1 fully saturated rings. The van der Waals surface area contributed by atoms with Crippen molar-refractivity contribution in [2.45, 2.75) is 45.7 Å². The number of rotatable bonds is 2. The number of hydrogen-bond acceptors (Lipinski definition) is 2. The van der Waals surface area contributed by atoms with Crippen LogP contribution in [0.2, 0.25) is 0 Å². The molecule has 14 heavy (non-hydrogen) atoms. The van der Waals surface area contributed by atoms with Gasteiger partial charge in [-0.2, -0.15) is 0 Å². The molecule has 0 aromatic rings. The highest BCUT2D eigenvalue weighted by Gasteiger charge is 2.42. The van der Waals surface area contributed by atoms with Gasteiger partial charge >= 0.3 is 0 Å². The first kappa shape index (κ1) is 11.5. The van der Waals surface area contributed by atoms with Crippen molar-refractivity contribution in [3.05, 3.63) is 0 Å². The number of amides is 1. The van der Waals surface area contributed by atoms with Gasteiger partial charge in [-0.25, -0.2) is 0 Å². The van der Waals surface area contributed by atoms with Gasteiger partial charge in [-0.05, 0) is 33.7 Å². The lowest BCUT2D eigenvalue weighted by molar-refractivity contribution is -0.150. The van der Waals surface area contributed by atoms with Gasteiger partial charge in [0.2, 0.25) is 5.91 Å². The van der Waals surface area contributed by atoms with Crippen molar-refractivity contribution in [3.63, 3.8) is 0 Å². The number of carbonyl (C=O) groups excluding carboxylic acids is 1. The molecule has 1 unspecified atom stereocenters. The fraction of sp³-hybridized carbons (Fsp3) is 0.909. The van der Waals surface area contributed by atoms with Crippen molar-refractivity contribution >= 4 is 5.91 Å². The number of carbonyl (C=O) groups is 1. The molecule has 1 rings (SSSR count). The molecule has 0 saturated carbocycles. The summed E-state index contributed by atoms with van der Waals surface area (Å²) in [4.78, 5) is 16.2. The molecule has 0 spiro atoms. The Bertz CT molecular complexity index is 225. The molecule has 0 N–H and O–H groups in total. The van der Waals surface area contributed by atoms with Gasteiger partial charge in [0.15, 0.2) is 0 Å². The van der Waals surface area contributed by atoms with E-state index in [0.717, 1.165) is 19.5 Å². The highest BCUT2D eigenvalue weighted by Crippen LogP contribution is 2.24. The Morgan fingerprint density at radius 1 is 1.50 bits per heavy atom. The minimum atomic E-state index is -0.322. The van der Waals surface area contributed by atoms with Crippen molar-refractivity contribution in [2.75, 3.05) is 20.1 Å². The number of hydrogen-bond donors (Lipinski definition) is 0. The normalized spacial score (nSPS) is 28.2. The molecule has 1 aliphatic rings. The van der Waals surface area contributed by atoms with Crippen LogP contribution in [0.25, 0.3) is 0 Å². The molecule has 82 valence electrons. The van der Waals surface area contributed by atoms with E-state index in [9.17, 15) is 4.79 Å². The van der Waals surface area contributed by atoms with Gasteiger partial charge < -0.3 is 4.90 Å². The summed E-state index contributed by atoms with van der Waals surface area (Å²) in [5.74, 6) is 0.240. The third-order valence-electron chi connectivity index (χ3n) is 3.27. The number of nitrogens with zero attached hydrogens (tertiary/aromatic N) is 2. The third-order valence-corrected chi connectivity index (χ3v) is 3.27. The Morgan fingerprint density at radius 2 is 2.07 bits per heavy atom. The zero-order valence-electron chi connectivity index (χ0n) is 10.0. The summed E-state index contributed by atoms with van der Waals surface area (Å²) in [5, 5.41) is 0. The molecule has 1 atom stereocenters. The van der Waals surface area contributed by atoms with Gasteiger partial charge in [0.1, 0.15) is 0 Å². The molecule has 1 heterocycles. The summed E-state index contributed by atoms with van der Waals surface area (Å²) in [6.07, 6.45) is 1.10. The lowest BCUT2D eigenvalue weighted by Gasteiger charge is -2.48. The van der Waals surface area contributed by atoms with Crippen molar-refractivity contribution in [1.82, 2.24) is 9.80 Å². The summed E-state index contributed by atoms with van der Waals surface area (Å²) in [5.41, 5.74) is -0.322. The van der Waals surface area contributed by atoms with E-state index in [1.165, 1.54) is 0 Å². The molecular weight excluding hydrogens is 176 g/mol. The Kier molecular flexibility index (Phi) is 3.20. The zero-order chi connectivity index (χ0) is 10.9. The second-order valence-corrected chi connectivity index (χ2v) is 4.77. The van der Waals surface area contributed by atoms with Crippen LogP contribution in [0.5, 0.6) is 0 Å². The summed E-state index contributed by atoms with van der Waals surface area (Å²) in [6, 6.07) is 0.335. The maximum Gasteiger partial charge on any atom is 0.242 e. The number of likely N-dealkylation sites (N-methyl/N-ethyl adjacent to an activating group) is 1. The van der Waals surface area contributed by atoms with E-state index in [1.807, 2.05) is 25.8 Å². The van der Waals surface area contributed by atoms with E-state index in [-0.39, 0.29) is 11.4 Å². The van der Waals surface area contributed by atoms with Gasteiger partial charge in [0, 0.05) is 19.6 Å². The second kappa shape index (κ2) is 3.89. The molecular formula is C11H22N2O. The van der Waals surface area contributed by atoms with Crippen LogP contribution in [-0.2, 0) is 4.79 Å². The first-order chi connectivity index (χ1) is 6.41. The van der Waals surface area contributed by atoms with Crippen LogP contribution >= 0.6 is 0 Å². The van der Waals surface area contributed by atoms with Crippen molar-refractivity contribution in [1.29, 1.82) is 0 Å². The van der Waals surface area contributed by atoms with E-state index in [1.54, 1.807) is 0 Å². The van der Waals surface area contributed by atoms with Crippen LogP contribution in [0.3, 0.4) is 0 Å². The molecule has 3 heteroatoms. The van der Waals surface area contributed by atoms with Crippen LogP contribution in [0.4, 0.5) is 0 Å². The van der Waals surface area contributed by atoms with E-state index < -0.39 is 0 Å². The number of piperazine rings is 1. The first-order valence-corrected chi connectivity index (χ1v) is 5.43. The highest BCUT2D eigenvalue weighted by atomic mass is 16.2. The molecule has 0 bridgehead atoms. The smallest absolute Gasteiger partial charge is 0.242 e. The van der Waals surface area contributed by atoms with Crippen LogP contribution in [-0.4, -0.2) is 47.4 Å². The lowest BCUT2D eigenvalue weighted by Crippen LogP contribution is -2.65. The molecule has 0 aromatic carbocycles. The molecule has 3 nitrogen and oxygen atoms in total. The second-order valence-electron chi connectivity index (χ2n) is 4.77. The maximum atomic E-state index is 12.0. The van der Waals surface area contributed by atoms with Crippen LogP contribution in [0.1, 0.15) is 34.1 Å². The fourth-order valence-corrected chi connectivity index (χ4v) is 2.08. The Balaban J connectivity index is 2.83. The minimum absolute atomic E-state index is 0.240. The fourth-order valence-electron chi connectivity index (χ4n) is 2.08. The van der Waals surface area contributed by atoms with Gasteiger partial charge in [-0.15, -0.1) is 0 Å². The first-order valence-electron chi connectivity index (χ1n) is 5.43. The summed E-state index contributed by atoms with van der Waals surface area (Å²) in [7, 11) is 1.90. The molecule has 1 saturated heterocycles. The molecule has 0 aliphatic carbocycles. The van der Waals surface area contributed by atoms with Crippen molar-refractivity contribution < 1.29 is 4.79 Å². The van der Waals surface area contributed by atoms with Crippen LogP contribution < -0.4 is 0 Å². The Morgan fingerprint density at radius 3 is 2.57 bits per heavy atom. The topological polar surface area (TPSA) is 23.6 Å². The monoisotopic (exact) mass is 198 g/mol. The predicted molar refractivity (Wildman–Crippen MR) is 58.2 cm³/mol. The molecule has 1 amide bonds. The average molecular weight is 198 g/mol. The van der Waals surface area contributed by atoms with E-state index >= 15 is 0 Å². The van der Waals surface area contributed by atoms with Gasteiger partial charge in [-0.3, -0.25) is 9.69 Å². The molecule has 0 aromatic heterocycles. The van der Waals surface area contributed by atoms with Gasteiger partial charge in [0.05, 0.1) is 5.54 Å². The lowest BCUT2D eigenvalue weighted by atomic mass is 9.95. The van der Waals surface area contributed by atoms with Crippen LogP contribution in [0.15, 0.2) is 0 Å². The zero-order valence-corrected chi connectivity index (χ0v) is 10.0. The molecule has 0 radical (unpaired) electrons. The Hall–Kier alpha value is -0.570. The van der Waals surface area contributed by atoms with Gasteiger partial charge in [-0.1, -0.05) is 6.92 Å². The predicted octanol–water partition coefficient (Wildman–Crippen LogP) is 1.34. The maximum absolute atomic E-state index is 12.0. The van der Waals surface area contributed by atoms with Gasteiger partial charge in [0.25, 0.3) is 0 Å². The van der Waals surface area contributed by atoms with E-state index in [2.05, 4.69) is 18.7 Å². The quantitative estimate of drug-likeness (QED) is 0.668. The summed E-state index contributed by atoms with van der Waals surface area (Å²) < 4.78 is 0. The Labute approximate surface area is 87.1 Å². The van der Waals surface area contributed by atoms with Crippen molar-refractivity contribution in [2.24, 2.45) is 0 Å². The average Bonchev–Trinajstić information content (AvgIpc) is 2.12. The SMILES string of the molecule is CCCN1CC(C)N(C)C(=O)C1(C)C. The van der Waals surface area contributed by atoms with E-state index in [0.29, 0.717) is 6.04 Å². The van der Waals surface area contributed by atoms with E-state index in [4.69, 9.17) is 0 Å². The highest BCUT2D eigenvalue weighted by molar-refractivity contribution is 5.86.